The molecule has 0 saturated heterocycles. The van der Waals surface area contributed by atoms with E-state index in [0.29, 0.717) is 6.04 Å². The van der Waals surface area contributed by atoms with Crippen LogP contribution in [0.15, 0.2) is 18.2 Å². The lowest BCUT2D eigenvalue weighted by Crippen LogP contribution is -2.36. The maximum absolute atomic E-state index is 6.06. The summed E-state index contributed by atoms with van der Waals surface area (Å²) in [7, 11) is 1.94. The SMILES string of the molecule is CNC1COc2cccc(Cl)c2C1. The van der Waals surface area contributed by atoms with E-state index in [2.05, 4.69) is 5.32 Å². The van der Waals surface area contributed by atoms with Gasteiger partial charge in [-0.25, -0.2) is 0 Å². The zero-order valence-electron chi connectivity index (χ0n) is 7.51. The summed E-state index contributed by atoms with van der Waals surface area (Å²) in [6, 6.07) is 6.17. The molecule has 0 aromatic heterocycles. The van der Waals surface area contributed by atoms with E-state index < -0.39 is 0 Å². The van der Waals surface area contributed by atoms with E-state index in [4.69, 9.17) is 16.3 Å². The molecule has 0 amide bonds. The highest BCUT2D eigenvalue weighted by atomic mass is 35.5. The predicted octanol–water partition coefficient (Wildman–Crippen LogP) is 1.86. The van der Waals surface area contributed by atoms with Gasteiger partial charge in [-0.2, -0.15) is 0 Å². The third kappa shape index (κ3) is 1.64. The number of rotatable bonds is 1. The van der Waals surface area contributed by atoms with E-state index >= 15 is 0 Å². The van der Waals surface area contributed by atoms with Crippen LogP contribution in [0.3, 0.4) is 0 Å². The summed E-state index contributed by atoms with van der Waals surface area (Å²) >= 11 is 6.06. The summed E-state index contributed by atoms with van der Waals surface area (Å²) in [5.41, 5.74) is 1.12. The number of hydrogen-bond acceptors (Lipinski definition) is 2. The molecular weight excluding hydrogens is 186 g/mol. The van der Waals surface area contributed by atoms with Gasteiger partial charge in [-0.05, 0) is 25.6 Å². The van der Waals surface area contributed by atoms with E-state index in [1.807, 2.05) is 25.2 Å². The highest BCUT2D eigenvalue weighted by molar-refractivity contribution is 6.31. The minimum atomic E-state index is 0.382. The smallest absolute Gasteiger partial charge is 0.124 e. The number of fused-ring (bicyclic) bond motifs is 1. The molecule has 1 heterocycles. The van der Waals surface area contributed by atoms with Crippen LogP contribution in [0.2, 0.25) is 5.02 Å². The van der Waals surface area contributed by atoms with Crippen molar-refractivity contribution >= 4 is 11.6 Å². The monoisotopic (exact) mass is 197 g/mol. The van der Waals surface area contributed by atoms with Crippen molar-refractivity contribution in [3.05, 3.63) is 28.8 Å². The van der Waals surface area contributed by atoms with Crippen molar-refractivity contribution in [2.45, 2.75) is 12.5 Å². The Kier molecular flexibility index (Phi) is 2.42. The summed E-state index contributed by atoms with van der Waals surface area (Å²) in [4.78, 5) is 0. The van der Waals surface area contributed by atoms with Gasteiger partial charge in [0, 0.05) is 16.6 Å². The number of benzene rings is 1. The average molecular weight is 198 g/mol. The van der Waals surface area contributed by atoms with Gasteiger partial charge < -0.3 is 10.1 Å². The van der Waals surface area contributed by atoms with Gasteiger partial charge in [0.1, 0.15) is 12.4 Å². The number of likely N-dealkylation sites (N-methyl/N-ethyl adjacent to an activating group) is 1. The number of halogens is 1. The Balaban J connectivity index is 2.32. The molecule has 2 rings (SSSR count). The Hall–Kier alpha value is -0.730. The quantitative estimate of drug-likeness (QED) is 0.742. The van der Waals surface area contributed by atoms with Crippen molar-refractivity contribution in [3.63, 3.8) is 0 Å². The zero-order chi connectivity index (χ0) is 9.26. The summed E-state index contributed by atoms with van der Waals surface area (Å²) in [5.74, 6) is 0.930. The summed E-state index contributed by atoms with van der Waals surface area (Å²) in [5, 5.41) is 3.99. The molecule has 1 atom stereocenters. The molecule has 1 aromatic rings. The highest BCUT2D eigenvalue weighted by Gasteiger charge is 2.19. The van der Waals surface area contributed by atoms with Crippen LogP contribution in [0, 0.1) is 0 Å². The molecule has 0 bridgehead atoms. The van der Waals surface area contributed by atoms with Crippen LogP contribution in [0.1, 0.15) is 5.56 Å². The first-order valence-electron chi connectivity index (χ1n) is 4.38. The Morgan fingerprint density at radius 2 is 2.38 bits per heavy atom. The minimum Gasteiger partial charge on any atom is -0.492 e. The van der Waals surface area contributed by atoms with E-state index in [1.54, 1.807) is 0 Å². The molecule has 3 heteroatoms. The molecule has 1 aliphatic rings. The van der Waals surface area contributed by atoms with Gasteiger partial charge in [-0.15, -0.1) is 0 Å². The van der Waals surface area contributed by atoms with E-state index in [9.17, 15) is 0 Å². The summed E-state index contributed by atoms with van der Waals surface area (Å²) in [6.07, 6.45) is 0.950. The van der Waals surface area contributed by atoms with Crippen LogP contribution in [-0.4, -0.2) is 19.7 Å². The van der Waals surface area contributed by atoms with Gasteiger partial charge >= 0.3 is 0 Å². The fourth-order valence-electron chi connectivity index (χ4n) is 1.55. The van der Waals surface area contributed by atoms with Gasteiger partial charge in [0.25, 0.3) is 0 Å². The Morgan fingerprint density at radius 1 is 1.54 bits per heavy atom. The Labute approximate surface area is 82.9 Å². The molecule has 0 fully saturated rings. The van der Waals surface area contributed by atoms with Gasteiger partial charge in [-0.1, -0.05) is 17.7 Å². The first-order valence-corrected chi connectivity index (χ1v) is 4.76. The maximum atomic E-state index is 6.06. The lowest BCUT2D eigenvalue weighted by atomic mass is 10.0. The first-order chi connectivity index (χ1) is 6.31. The molecule has 0 saturated carbocycles. The lowest BCUT2D eigenvalue weighted by molar-refractivity contribution is 0.245. The second-order valence-electron chi connectivity index (χ2n) is 3.22. The lowest BCUT2D eigenvalue weighted by Gasteiger charge is -2.25. The van der Waals surface area contributed by atoms with Crippen LogP contribution in [0.25, 0.3) is 0 Å². The minimum absolute atomic E-state index is 0.382. The standard InChI is InChI=1S/C10H12ClNO/c1-12-7-5-8-9(11)3-2-4-10(8)13-6-7/h2-4,7,12H,5-6H2,1H3. The molecule has 1 unspecified atom stereocenters. The molecule has 1 N–H and O–H groups in total. The van der Waals surface area contributed by atoms with Crippen molar-refractivity contribution in [2.24, 2.45) is 0 Å². The molecule has 0 spiro atoms. The van der Waals surface area contributed by atoms with Gasteiger partial charge in [0.05, 0.1) is 0 Å². The van der Waals surface area contributed by atoms with Crippen LogP contribution < -0.4 is 10.1 Å². The number of nitrogens with one attached hydrogen (secondary N) is 1. The molecule has 0 aliphatic carbocycles. The van der Waals surface area contributed by atoms with E-state index in [-0.39, 0.29) is 0 Å². The Bertz CT molecular complexity index is 314. The van der Waals surface area contributed by atoms with Crippen LogP contribution in [0.5, 0.6) is 5.75 Å². The molecule has 0 radical (unpaired) electrons. The van der Waals surface area contributed by atoms with Crippen molar-refractivity contribution in [1.29, 1.82) is 0 Å². The molecule has 13 heavy (non-hydrogen) atoms. The third-order valence-corrected chi connectivity index (χ3v) is 2.73. The maximum Gasteiger partial charge on any atom is 0.124 e. The van der Waals surface area contributed by atoms with Crippen LogP contribution in [-0.2, 0) is 6.42 Å². The van der Waals surface area contributed by atoms with Crippen LogP contribution >= 0.6 is 11.6 Å². The van der Waals surface area contributed by atoms with Crippen molar-refractivity contribution < 1.29 is 4.74 Å². The van der Waals surface area contributed by atoms with Gasteiger partial charge in [0.15, 0.2) is 0 Å². The third-order valence-electron chi connectivity index (χ3n) is 2.37. The Morgan fingerprint density at radius 3 is 3.15 bits per heavy atom. The van der Waals surface area contributed by atoms with Crippen molar-refractivity contribution in [1.82, 2.24) is 5.32 Å². The van der Waals surface area contributed by atoms with Gasteiger partial charge in [-0.3, -0.25) is 0 Å². The van der Waals surface area contributed by atoms with Gasteiger partial charge in [0.2, 0.25) is 0 Å². The second kappa shape index (κ2) is 3.56. The van der Waals surface area contributed by atoms with Crippen LogP contribution in [0.4, 0.5) is 0 Å². The second-order valence-corrected chi connectivity index (χ2v) is 3.62. The van der Waals surface area contributed by atoms with E-state index in [0.717, 1.165) is 29.4 Å². The average Bonchev–Trinajstić information content (AvgIpc) is 2.18. The molecule has 70 valence electrons. The predicted molar refractivity (Wildman–Crippen MR) is 53.5 cm³/mol. The van der Waals surface area contributed by atoms with E-state index in [1.165, 1.54) is 0 Å². The fraction of sp³-hybridized carbons (Fsp3) is 0.400. The molecule has 1 aliphatic heterocycles. The number of ether oxygens (including phenoxy) is 1. The summed E-state index contributed by atoms with van der Waals surface area (Å²) < 4.78 is 5.56. The summed E-state index contributed by atoms with van der Waals surface area (Å²) in [6.45, 7) is 0.726. The topological polar surface area (TPSA) is 21.3 Å². The largest absolute Gasteiger partial charge is 0.492 e. The molecule has 2 nitrogen and oxygen atoms in total. The molecular formula is C10H12ClNO. The zero-order valence-corrected chi connectivity index (χ0v) is 8.27. The first kappa shape index (κ1) is 8.85. The van der Waals surface area contributed by atoms with Crippen molar-refractivity contribution in [3.8, 4) is 5.75 Å². The fourth-order valence-corrected chi connectivity index (χ4v) is 1.80. The number of hydrogen-bond donors (Lipinski definition) is 1. The molecule has 1 aromatic carbocycles. The normalized spacial score (nSPS) is 20.6. The van der Waals surface area contributed by atoms with Crippen molar-refractivity contribution in [2.75, 3.05) is 13.7 Å². The highest BCUT2D eigenvalue weighted by Crippen LogP contribution is 2.30.